The van der Waals surface area contributed by atoms with E-state index in [1.807, 2.05) is 25.1 Å². The van der Waals surface area contributed by atoms with Gasteiger partial charge in [-0.25, -0.2) is 10.9 Å². The van der Waals surface area contributed by atoms with E-state index in [1.54, 1.807) is 0 Å². The van der Waals surface area contributed by atoms with Gasteiger partial charge in [0.05, 0.1) is 5.37 Å². The molecule has 0 saturated carbocycles. The molecule has 0 spiro atoms. The van der Waals surface area contributed by atoms with Gasteiger partial charge in [-0.2, -0.15) is 0 Å². The van der Waals surface area contributed by atoms with E-state index in [1.165, 1.54) is 24.3 Å². The van der Waals surface area contributed by atoms with Crippen LogP contribution >= 0.6 is 10.9 Å². The van der Waals surface area contributed by atoms with Gasteiger partial charge in [-0.15, -0.1) is 0 Å². The third kappa shape index (κ3) is 5.36. The molecule has 1 aliphatic rings. The third-order valence-electron chi connectivity index (χ3n) is 5.37. The molecule has 0 aromatic heterocycles. The molecule has 1 saturated heterocycles. The zero-order valence-electron chi connectivity index (χ0n) is 16.6. The number of benzene rings is 2. The normalized spacial score (nSPS) is 20.1. The van der Waals surface area contributed by atoms with Crippen LogP contribution in [0.5, 0.6) is 0 Å². The van der Waals surface area contributed by atoms with Crippen LogP contribution < -0.4 is 4.90 Å². The Morgan fingerprint density at radius 3 is 2.44 bits per heavy atom. The van der Waals surface area contributed by atoms with E-state index in [0.29, 0.717) is 6.42 Å². The first kappa shape index (κ1) is 20.0. The number of anilines is 1. The van der Waals surface area contributed by atoms with Crippen molar-refractivity contribution < 1.29 is 4.79 Å². The Morgan fingerprint density at radius 1 is 1.11 bits per heavy atom. The number of hydrogen-bond donors (Lipinski definition) is 1. The molecule has 1 aliphatic heterocycles. The van der Waals surface area contributed by atoms with Crippen molar-refractivity contribution in [3.63, 3.8) is 0 Å². The topological polar surface area (TPSA) is 23.6 Å². The molecular weight excluding hydrogens is 352 g/mol. The van der Waals surface area contributed by atoms with Gasteiger partial charge in [0.15, 0.2) is 0 Å². The van der Waals surface area contributed by atoms with Gasteiger partial charge in [0.25, 0.3) is 0 Å². The predicted molar refractivity (Wildman–Crippen MR) is 119 cm³/mol. The first-order valence-corrected chi connectivity index (χ1v) is 11.8. The molecule has 4 heteroatoms. The maximum Gasteiger partial charge on any atom is 0.227 e. The zero-order chi connectivity index (χ0) is 19.1. The zero-order valence-corrected chi connectivity index (χ0v) is 17.4. The van der Waals surface area contributed by atoms with Crippen molar-refractivity contribution in [2.75, 3.05) is 29.6 Å². The number of amides is 1. The summed E-state index contributed by atoms with van der Waals surface area (Å²) in [6.45, 7) is 6.52. The Labute approximate surface area is 166 Å². The fraction of sp³-hybridized carbons (Fsp3) is 0.435. The molecule has 0 N–H and O–H groups in total. The molecule has 1 amide bonds. The number of thiol groups is 1. The maximum atomic E-state index is 12.7. The summed E-state index contributed by atoms with van der Waals surface area (Å²) in [7, 11) is -0.223. The molecule has 2 aromatic carbocycles. The van der Waals surface area contributed by atoms with E-state index in [4.69, 9.17) is 0 Å². The predicted octanol–water partition coefficient (Wildman–Crippen LogP) is 4.68. The Kier molecular flexibility index (Phi) is 7.36. The van der Waals surface area contributed by atoms with Crippen LogP contribution in [-0.4, -0.2) is 40.9 Å². The highest BCUT2D eigenvalue weighted by Crippen LogP contribution is 2.40. The quantitative estimate of drug-likeness (QED) is 0.701. The van der Waals surface area contributed by atoms with Crippen LogP contribution in [0.3, 0.4) is 0 Å². The van der Waals surface area contributed by atoms with Gasteiger partial charge < -0.3 is 4.90 Å². The van der Waals surface area contributed by atoms with E-state index < -0.39 is 0 Å². The molecule has 0 radical (unpaired) electrons. The number of rotatable bonds is 7. The van der Waals surface area contributed by atoms with Crippen LogP contribution in [0.1, 0.15) is 32.3 Å². The number of carbonyl (C=O) groups excluding carboxylic acids is 1. The van der Waals surface area contributed by atoms with Crippen molar-refractivity contribution in [2.45, 2.75) is 38.5 Å². The Balaban J connectivity index is 1.65. The summed E-state index contributed by atoms with van der Waals surface area (Å²) in [5.74, 6) is 2.64. The molecule has 1 unspecified atom stereocenters. The van der Waals surface area contributed by atoms with Crippen molar-refractivity contribution >= 4 is 22.5 Å². The highest BCUT2D eigenvalue weighted by Gasteiger charge is 2.28. The molecule has 3 rings (SSSR count). The van der Waals surface area contributed by atoms with Crippen LogP contribution in [0.15, 0.2) is 60.7 Å². The molecular formula is C23H32N2OS. The lowest BCUT2D eigenvalue weighted by Gasteiger charge is -2.43. The van der Waals surface area contributed by atoms with Crippen LogP contribution in [0.4, 0.5) is 5.69 Å². The average molecular weight is 385 g/mol. The lowest BCUT2D eigenvalue weighted by Crippen LogP contribution is -2.43. The summed E-state index contributed by atoms with van der Waals surface area (Å²) >= 11 is 0. The molecule has 146 valence electrons. The Hall–Kier alpha value is -1.78. The maximum absolute atomic E-state index is 12.7. The molecule has 2 aromatic rings. The number of carbonyl (C=O) groups is 1. The summed E-state index contributed by atoms with van der Waals surface area (Å²) in [5.41, 5.74) is 2.45. The first-order chi connectivity index (χ1) is 13.2. The molecule has 0 bridgehead atoms. The first-order valence-electron chi connectivity index (χ1n) is 10.1. The van der Waals surface area contributed by atoms with Crippen molar-refractivity contribution in [1.29, 1.82) is 0 Å². The van der Waals surface area contributed by atoms with Crippen molar-refractivity contribution in [3.8, 4) is 0 Å². The van der Waals surface area contributed by atoms with E-state index in [2.05, 4.69) is 59.2 Å². The van der Waals surface area contributed by atoms with Crippen LogP contribution in [-0.2, 0) is 11.2 Å². The lowest BCUT2D eigenvalue weighted by atomic mass is 10.1. The summed E-state index contributed by atoms with van der Waals surface area (Å²) in [5, 5.41) is 0.286. The second-order valence-corrected chi connectivity index (χ2v) is 9.90. The summed E-state index contributed by atoms with van der Waals surface area (Å²) in [4.78, 5) is 17.4. The summed E-state index contributed by atoms with van der Waals surface area (Å²) in [6.07, 6.45) is 2.91. The highest BCUT2D eigenvalue weighted by molar-refractivity contribution is 8.17. The molecule has 1 fully saturated rings. The van der Waals surface area contributed by atoms with Crippen molar-refractivity contribution in [2.24, 2.45) is 0 Å². The van der Waals surface area contributed by atoms with Crippen molar-refractivity contribution in [3.05, 3.63) is 66.2 Å². The minimum absolute atomic E-state index is 0.223. The van der Waals surface area contributed by atoms with E-state index in [-0.39, 0.29) is 22.2 Å². The van der Waals surface area contributed by atoms with Gasteiger partial charge in [-0.1, -0.05) is 55.5 Å². The third-order valence-corrected chi connectivity index (χ3v) is 8.31. The monoisotopic (exact) mass is 384 g/mol. The minimum atomic E-state index is -0.223. The van der Waals surface area contributed by atoms with Crippen LogP contribution in [0.2, 0.25) is 0 Å². The SMILES string of the molecule is CCC(=O)N(c1ccccc1)[C@@H](C)[SH]1CCCN(CCc2ccccc2)C1. The fourth-order valence-electron chi connectivity index (χ4n) is 3.81. The van der Waals surface area contributed by atoms with Crippen molar-refractivity contribution in [1.82, 2.24) is 4.90 Å². The molecule has 1 heterocycles. The molecule has 2 atom stereocenters. The second kappa shape index (κ2) is 9.95. The summed E-state index contributed by atoms with van der Waals surface area (Å²) in [6, 6.07) is 20.9. The van der Waals surface area contributed by atoms with Gasteiger partial charge in [-0.05, 0) is 49.8 Å². The minimum Gasteiger partial charge on any atom is -0.302 e. The number of para-hydroxylation sites is 1. The van der Waals surface area contributed by atoms with Gasteiger partial charge in [0, 0.05) is 24.5 Å². The van der Waals surface area contributed by atoms with Crippen LogP contribution in [0, 0.1) is 0 Å². The fourth-order valence-corrected chi connectivity index (χ4v) is 6.49. The van der Waals surface area contributed by atoms with E-state index in [9.17, 15) is 4.79 Å². The largest absolute Gasteiger partial charge is 0.302 e. The molecule has 0 aliphatic carbocycles. The Morgan fingerprint density at radius 2 is 1.78 bits per heavy atom. The smallest absolute Gasteiger partial charge is 0.227 e. The highest BCUT2D eigenvalue weighted by atomic mass is 32.2. The summed E-state index contributed by atoms with van der Waals surface area (Å²) < 4.78 is 0. The second-order valence-electron chi connectivity index (χ2n) is 7.25. The average Bonchev–Trinajstić information content (AvgIpc) is 2.74. The van der Waals surface area contributed by atoms with Gasteiger partial charge >= 0.3 is 0 Å². The van der Waals surface area contributed by atoms with E-state index in [0.717, 1.165) is 24.5 Å². The van der Waals surface area contributed by atoms with Gasteiger partial charge in [0.1, 0.15) is 0 Å². The Bertz CT molecular complexity index is 707. The van der Waals surface area contributed by atoms with Gasteiger partial charge in [-0.3, -0.25) is 9.69 Å². The standard InChI is InChI=1S/C23H32N2OS/c1-3-23(26)25(22-13-8-5-9-14-22)20(2)27-18-10-16-24(19-27)17-15-21-11-6-4-7-12-21/h4-9,11-14,20,27H,3,10,15-19H2,1-2H3/t20-/m1/s1. The van der Waals surface area contributed by atoms with Crippen LogP contribution in [0.25, 0.3) is 0 Å². The van der Waals surface area contributed by atoms with E-state index >= 15 is 0 Å². The number of nitrogens with zero attached hydrogens (tertiary/aromatic N) is 2. The molecule has 3 nitrogen and oxygen atoms in total. The lowest BCUT2D eigenvalue weighted by molar-refractivity contribution is -0.118. The number of hydrogen-bond acceptors (Lipinski definition) is 2. The molecule has 27 heavy (non-hydrogen) atoms. The van der Waals surface area contributed by atoms with Gasteiger partial charge in [0.2, 0.25) is 5.91 Å².